The second-order valence-electron chi connectivity index (χ2n) is 5.23. The first-order chi connectivity index (χ1) is 8.68. The highest BCUT2D eigenvalue weighted by Gasteiger charge is 2.54. The standard InChI is InChI=1S/C13H17NO4/c15-12(14-6-2-1-3-7-14)10-8-4-5-9(18-8)11(10)13(16)17/h4-5,8-11H,1-3,6-7H2,(H,16,17)/t8-,9-,10-,11-/m0/s1. The van der Waals surface area contributed by atoms with E-state index in [9.17, 15) is 14.7 Å². The molecule has 2 fully saturated rings. The number of hydrogen-bond donors (Lipinski definition) is 1. The van der Waals surface area contributed by atoms with Crippen molar-refractivity contribution in [2.75, 3.05) is 13.1 Å². The molecule has 0 saturated carbocycles. The molecule has 18 heavy (non-hydrogen) atoms. The molecule has 3 heterocycles. The van der Waals surface area contributed by atoms with Gasteiger partial charge in [-0.2, -0.15) is 0 Å². The Balaban J connectivity index is 1.79. The summed E-state index contributed by atoms with van der Waals surface area (Å²) in [6.07, 6.45) is 6.01. The first-order valence-corrected chi connectivity index (χ1v) is 6.54. The van der Waals surface area contributed by atoms with Gasteiger partial charge >= 0.3 is 5.97 Å². The van der Waals surface area contributed by atoms with E-state index in [1.54, 1.807) is 6.08 Å². The van der Waals surface area contributed by atoms with Gasteiger partial charge in [-0.25, -0.2) is 0 Å². The van der Waals surface area contributed by atoms with E-state index in [2.05, 4.69) is 0 Å². The van der Waals surface area contributed by atoms with Crippen LogP contribution in [0.2, 0.25) is 0 Å². The lowest BCUT2D eigenvalue weighted by Gasteiger charge is -2.31. The van der Waals surface area contributed by atoms with Crippen LogP contribution in [0.3, 0.4) is 0 Å². The van der Waals surface area contributed by atoms with Gasteiger partial charge in [0, 0.05) is 13.1 Å². The fraction of sp³-hybridized carbons (Fsp3) is 0.692. The lowest BCUT2D eigenvalue weighted by Crippen LogP contribution is -2.46. The Kier molecular flexibility index (Phi) is 2.86. The summed E-state index contributed by atoms with van der Waals surface area (Å²) >= 11 is 0. The van der Waals surface area contributed by atoms with Gasteiger partial charge in [0.15, 0.2) is 0 Å². The summed E-state index contributed by atoms with van der Waals surface area (Å²) in [5.74, 6) is -2.22. The van der Waals surface area contributed by atoms with Crippen LogP contribution in [0.25, 0.3) is 0 Å². The molecular weight excluding hydrogens is 234 g/mol. The largest absolute Gasteiger partial charge is 0.481 e. The molecule has 1 amide bonds. The quantitative estimate of drug-likeness (QED) is 0.732. The van der Waals surface area contributed by atoms with E-state index < -0.39 is 23.9 Å². The summed E-state index contributed by atoms with van der Waals surface area (Å²) in [5, 5.41) is 9.27. The van der Waals surface area contributed by atoms with Crippen molar-refractivity contribution in [2.24, 2.45) is 11.8 Å². The van der Waals surface area contributed by atoms with Crippen molar-refractivity contribution >= 4 is 11.9 Å². The predicted molar refractivity (Wildman–Crippen MR) is 62.8 cm³/mol. The average Bonchev–Trinajstić information content (AvgIpc) is 2.99. The molecule has 0 unspecified atom stereocenters. The van der Waals surface area contributed by atoms with Crippen molar-refractivity contribution in [1.82, 2.24) is 4.90 Å². The van der Waals surface area contributed by atoms with Gasteiger partial charge in [0.25, 0.3) is 0 Å². The molecule has 0 aliphatic carbocycles. The Labute approximate surface area is 105 Å². The Morgan fingerprint density at radius 2 is 1.67 bits per heavy atom. The van der Waals surface area contributed by atoms with Gasteiger partial charge < -0.3 is 14.7 Å². The van der Waals surface area contributed by atoms with E-state index in [0.29, 0.717) is 0 Å². The van der Waals surface area contributed by atoms with Crippen LogP contribution in [0.1, 0.15) is 19.3 Å². The first kappa shape index (κ1) is 11.7. The second-order valence-corrected chi connectivity index (χ2v) is 5.23. The molecule has 3 rings (SSSR count). The van der Waals surface area contributed by atoms with E-state index >= 15 is 0 Å². The normalized spacial score (nSPS) is 38.1. The number of likely N-dealkylation sites (tertiary alicyclic amines) is 1. The fourth-order valence-corrected chi connectivity index (χ4v) is 3.22. The lowest BCUT2D eigenvalue weighted by molar-refractivity contribution is -0.149. The van der Waals surface area contributed by atoms with Crippen LogP contribution in [-0.4, -0.2) is 47.2 Å². The van der Waals surface area contributed by atoms with Crippen molar-refractivity contribution < 1.29 is 19.4 Å². The molecule has 3 aliphatic rings. The molecule has 2 bridgehead atoms. The number of ether oxygens (including phenoxy) is 1. The van der Waals surface area contributed by atoms with E-state index in [4.69, 9.17) is 4.74 Å². The van der Waals surface area contributed by atoms with Gasteiger partial charge in [-0.3, -0.25) is 9.59 Å². The van der Waals surface area contributed by atoms with E-state index in [0.717, 1.165) is 32.4 Å². The third kappa shape index (κ3) is 1.73. The summed E-state index contributed by atoms with van der Waals surface area (Å²) in [7, 11) is 0. The highest BCUT2D eigenvalue weighted by atomic mass is 16.5. The summed E-state index contributed by atoms with van der Waals surface area (Å²) in [6.45, 7) is 1.51. The monoisotopic (exact) mass is 251 g/mol. The average molecular weight is 251 g/mol. The number of carboxylic acids is 1. The summed E-state index contributed by atoms with van der Waals surface area (Å²) in [4.78, 5) is 25.6. The molecule has 4 atom stereocenters. The minimum absolute atomic E-state index is 0.0426. The van der Waals surface area contributed by atoms with E-state index in [-0.39, 0.29) is 12.0 Å². The maximum atomic E-state index is 12.5. The van der Waals surface area contributed by atoms with Crippen LogP contribution < -0.4 is 0 Å². The maximum absolute atomic E-state index is 12.5. The Hall–Kier alpha value is -1.36. The molecule has 0 spiro atoms. The molecule has 0 aromatic heterocycles. The number of carbonyl (C=O) groups excluding carboxylic acids is 1. The topological polar surface area (TPSA) is 66.8 Å². The molecule has 2 saturated heterocycles. The Bertz CT molecular complexity index is 400. The predicted octanol–water partition coefficient (Wildman–Crippen LogP) is 0.653. The zero-order chi connectivity index (χ0) is 12.7. The van der Waals surface area contributed by atoms with Crippen molar-refractivity contribution in [3.05, 3.63) is 12.2 Å². The first-order valence-electron chi connectivity index (χ1n) is 6.54. The highest BCUT2D eigenvalue weighted by Crippen LogP contribution is 2.40. The van der Waals surface area contributed by atoms with Crippen LogP contribution in [-0.2, 0) is 14.3 Å². The third-order valence-electron chi connectivity index (χ3n) is 4.14. The number of aliphatic carboxylic acids is 1. The lowest BCUT2D eigenvalue weighted by atomic mass is 9.82. The zero-order valence-electron chi connectivity index (χ0n) is 10.1. The van der Waals surface area contributed by atoms with Crippen LogP contribution in [0.15, 0.2) is 12.2 Å². The minimum atomic E-state index is -0.929. The fourth-order valence-electron chi connectivity index (χ4n) is 3.22. The van der Waals surface area contributed by atoms with E-state index in [1.807, 2.05) is 11.0 Å². The molecule has 1 N–H and O–H groups in total. The molecular formula is C13H17NO4. The number of rotatable bonds is 2. The minimum Gasteiger partial charge on any atom is -0.481 e. The van der Waals surface area contributed by atoms with Crippen LogP contribution in [0.4, 0.5) is 0 Å². The smallest absolute Gasteiger partial charge is 0.310 e. The number of carboxylic acid groups (broad SMARTS) is 1. The van der Waals surface area contributed by atoms with Crippen molar-refractivity contribution in [2.45, 2.75) is 31.5 Å². The summed E-state index contributed by atoms with van der Waals surface area (Å²) < 4.78 is 5.53. The molecule has 98 valence electrons. The van der Waals surface area contributed by atoms with Crippen LogP contribution >= 0.6 is 0 Å². The maximum Gasteiger partial charge on any atom is 0.310 e. The van der Waals surface area contributed by atoms with Crippen molar-refractivity contribution in [3.63, 3.8) is 0 Å². The van der Waals surface area contributed by atoms with Gasteiger partial charge in [0.2, 0.25) is 5.91 Å². The molecule has 0 aromatic carbocycles. The number of carbonyl (C=O) groups is 2. The molecule has 5 nitrogen and oxygen atoms in total. The third-order valence-corrected chi connectivity index (χ3v) is 4.14. The van der Waals surface area contributed by atoms with Crippen LogP contribution in [0, 0.1) is 11.8 Å². The van der Waals surface area contributed by atoms with Gasteiger partial charge in [0.1, 0.15) is 5.92 Å². The summed E-state index contributed by atoms with van der Waals surface area (Å²) in [6, 6.07) is 0. The highest BCUT2D eigenvalue weighted by molar-refractivity contribution is 5.87. The number of amides is 1. The molecule has 0 aromatic rings. The number of fused-ring (bicyclic) bond motifs is 2. The van der Waals surface area contributed by atoms with Crippen molar-refractivity contribution in [3.8, 4) is 0 Å². The summed E-state index contributed by atoms with van der Waals surface area (Å²) in [5.41, 5.74) is 0. The second kappa shape index (κ2) is 4.39. The number of nitrogens with zero attached hydrogens (tertiary/aromatic N) is 1. The molecule has 3 aliphatic heterocycles. The Morgan fingerprint density at radius 1 is 1.06 bits per heavy atom. The SMILES string of the molecule is O=C(O)[C@@H]1[C@@H](C(=O)N2CCCCC2)[C@@H]2C=C[C@@H]1O2. The Morgan fingerprint density at radius 3 is 2.28 bits per heavy atom. The zero-order valence-corrected chi connectivity index (χ0v) is 10.1. The van der Waals surface area contributed by atoms with Crippen LogP contribution in [0.5, 0.6) is 0 Å². The van der Waals surface area contributed by atoms with Gasteiger partial charge in [-0.15, -0.1) is 0 Å². The van der Waals surface area contributed by atoms with Gasteiger partial charge in [-0.1, -0.05) is 12.2 Å². The van der Waals surface area contributed by atoms with Gasteiger partial charge in [0.05, 0.1) is 18.1 Å². The number of hydrogen-bond acceptors (Lipinski definition) is 3. The molecule has 0 radical (unpaired) electrons. The number of piperidine rings is 1. The molecule has 5 heteroatoms. The van der Waals surface area contributed by atoms with E-state index in [1.165, 1.54) is 0 Å². The van der Waals surface area contributed by atoms with Gasteiger partial charge in [-0.05, 0) is 19.3 Å². The van der Waals surface area contributed by atoms with Crippen molar-refractivity contribution in [1.29, 1.82) is 0 Å².